The van der Waals surface area contributed by atoms with E-state index in [-0.39, 0.29) is 11.6 Å². The first-order valence-electron chi connectivity index (χ1n) is 12.8. The van der Waals surface area contributed by atoms with Crippen LogP contribution in [0.1, 0.15) is 57.5 Å². The number of ether oxygens (including phenoxy) is 2. The number of benzene rings is 2. The maximum Gasteiger partial charge on any atom is 0.356 e. The molecule has 0 atom stereocenters. The van der Waals surface area contributed by atoms with Gasteiger partial charge >= 0.3 is 5.97 Å². The van der Waals surface area contributed by atoms with Gasteiger partial charge in [-0.3, -0.25) is 4.79 Å². The van der Waals surface area contributed by atoms with Gasteiger partial charge in [-0.05, 0) is 55.8 Å². The number of para-hydroxylation sites is 1. The Balaban J connectivity index is 0.000000153. The fourth-order valence-electron chi connectivity index (χ4n) is 4.01. The summed E-state index contributed by atoms with van der Waals surface area (Å²) >= 11 is 1.52. The van der Waals surface area contributed by atoms with Gasteiger partial charge in [0.2, 0.25) is 0 Å². The molecule has 1 amide bonds. The molecule has 37 heavy (non-hydrogen) atoms. The lowest BCUT2D eigenvalue weighted by Crippen LogP contribution is -2.33. The van der Waals surface area contributed by atoms with E-state index < -0.39 is 5.97 Å². The number of hydrogen-bond donors (Lipinski definition) is 3. The van der Waals surface area contributed by atoms with Crippen LogP contribution >= 0.6 is 11.3 Å². The number of carbonyl (C=O) groups is 2. The predicted octanol–water partition coefficient (Wildman–Crippen LogP) is 4.57. The molecule has 0 bridgehead atoms. The van der Waals surface area contributed by atoms with Crippen LogP contribution in [-0.4, -0.2) is 54.8 Å². The molecule has 3 aromatic rings. The third kappa shape index (κ3) is 6.67. The summed E-state index contributed by atoms with van der Waals surface area (Å²) in [6.45, 7) is 3.50. The smallest absolute Gasteiger partial charge is 0.356 e. The zero-order chi connectivity index (χ0) is 25.6. The molecule has 2 aromatic carbocycles. The Kier molecular flexibility index (Phi) is 8.01. The normalized spacial score (nSPS) is 15.9. The number of aromatic carboxylic acids is 1. The zero-order valence-electron chi connectivity index (χ0n) is 20.6. The number of thiazole rings is 1. The van der Waals surface area contributed by atoms with Crippen LogP contribution in [0.3, 0.4) is 0 Å². The molecule has 8 nitrogen and oxygen atoms in total. The van der Waals surface area contributed by atoms with Crippen LogP contribution in [0.5, 0.6) is 11.5 Å². The van der Waals surface area contributed by atoms with Gasteiger partial charge < -0.3 is 25.2 Å². The Bertz CT molecular complexity index is 1240. The summed E-state index contributed by atoms with van der Waals surface area (Å²) in [5.41, 5.74) is 1.68. The molecule has 2 aliphatic carbocycles. The number of fused-ring (bicyclic) bond motifs is 1. The molecule has 1 aliphatic heterocycles. The van der Waals surface area contributed by atoms with Crippen molar-refractivity contribution in [3.63, 3.8) is 0 Å². The molecule has 2 fully saturated rings. The van der Waals surface area contributed by atoms with Gasteiger partial charge in [-0.15, -0.1) is 11.3 Å². The molecular formula is C28H31N3O5S. The van der Waals surface area contributed by atoms with E-state index in [1.807, 2.05) is 42.5 Å². The number of nitrogens with zero attached hydrogens (tertiary/aromatic N) is 1. The van der Waals surface area contributed by atoms with Crippen molar-refractivity contribution in [3.8, 4) is 21.9 Å². The van der Waals surface area contributed by atoms with E-state index in [2.05, 4.69) is 15.6 Å². The fourth-order valence-corrected chi connectivity index (χ4v) is 5.24. The second kappa shape index (κ2) is 11.7. The summed E-state index contributed by atoms with van der Waals surface area (Å²) in [5.74, 6) is 1.51. The van der Waals surface area contributed by atoms with Crippen molar-refractivity contribution in [1.29, 1.82) is 0 Å². The molecule has 3 N–H and O–H groups in total. The number of carboxylic acid groups (broad SMARTS) is 1. The number of carboxylic acids is 1. The highest BCUT2D eigenvalue weighted by atomic mass is 32.1. The number of carbonyl (C=O) groups excluding carboxylic acids is 1. The summed E-state index contributed by atoms with van der Waals surface area (Å²) in [7, 11) is 0. The van der Waals surface area contributed by atoms with Gasteiger partial charge in [-0.1, -0.05) is 36.4 Å². The largest absolute Gasteiger partial charge is 0.486 e. The van der Waals surface area contributed by atoms with E-state index in [4.69, 9.17) is 9.47 Å². The minimum absolute atomic E-state index is 0.111. The lowest BCUT2D eigenvalue weighted by Gasteiger charge is -2.20. The van der Waals surface area contributed by atoms with E-state index in [9.17, 15) is 14.7 Å². The van der Waals surface area contributed by atoms with Crippen molar-refractivity contribution in [3.05, 3.63) is 64.8 Å². The monoisotopic (exact) mass is 521 g/mol. The van der Waals surface area contributed by atoms with Crippen LogP contribution in [0, 0.1) is 5.92 Å². The Morgan fingerprint density at radius 2 is 1.76 bits per heavy atom. The minimum atomic E-state index is -0.938. The van der Waals surface area contributed by atoms with Crippen molar-refractivity contribution >= 4 is 23.2 Å². The first kappa shape index (κ1) is 25.2. The maximum atomic E-state index is 12.2. The van der Waals surface area contributed by atoms with Crippen molar-refractivity contribution in [2.45, 2.75) is 31.6 Å². The quantitative estimate of drug-likeness (QED) is 0.354. The van der Waals surface area contributed by atoms with Gasteiger partial charge in [0, 0.05) is 19.0 Å². The molecular weight excluding hydrogens is 490 g/mol. The van der Waals surface area contributed by atoms with Gasteiger partial charge in [0.15, 0.2) is 17.2 Å². The molecule has 6 rings (SSSR count). The van der Waals surface area contributed by atoms with Crippen LogP contribution in [0.2, 0.25) is 0 Å². The van der Waals surface area contributed by atoms with Crippen molar-refractivity contribution in [2.75, 3.05) is 32.8 Å². The fraction of sp³-hybridized carbons (Fsp3) is 0.393. The number of hydrogen-bond acceptors (Lipinski definition) is 7. The summed E-state index contributed by atoms with van der Waals surface area (Å²) in [5, 5.41) is 16.4. The van der Waals surface area contributed by atoms with E-state index in [1.54, 1.807) is 6.07 Å². The van der Waals surface area contributed by atoms with Gasteiger partial charge in [-0.2, -0.15) is 0 Å². The Hall–Kier alpha value is -3.43. The lowest BCUT2D eigenvalue weighted by atomic mass is 10.1. The van der Waals surface area contributed by atoms with Crippen molar-refractivity contribution in [2.24, 2.45) is 5.92 Å². The summed E-state index contributed by atoms with van der Waals surface area (Å²) in [6, 6.07) is 15.0. The molecule has 3 aliphatic rings. The Morgan fingerprint density at radius 1 is 0.973 bits per heavy atom. The van der Waals surface area contributed by atoms with Crippen LogP contribution in [0.15, 0.2) is 48.5 Å². The molecule has 1 aromatic heterocycles. The second-order valence-corrected chi connectivity index (χ2v) is 10.4. The molecule has 2 saturated carbocycles. The summed E-state index contributed by atoms with van der Waals surface area (Å²) in [6.07, 6.45) is 4.96. The molecule has 0 spiro atoms. The third-order valence-corrected chi connectivity index (χ3v) is 7.60. The number of amides is 1. The van der Waals surface area contributed by atoms with E-state index >= 15 is 0 Å². The van der Waals surface area contributed by atoms with Crippen LogP contribution in [0.4, 0.5) is 0 Å². The van der Waals surface area contributed by atoms with Gasteiger partial charge in [0.25, 0.3) is 5.91 Å². The van der Waals surface area contributed by atoms with Gasteiger partial charge in [0.1, 0.15) is 13.2 Å². The predicted molar refractivity (Wildman–Crippen MR) is 142 cm³/mol. The number of nitrogens with one attached hydrogen (secondary N) is 2. The highest BCUT2D eigenvalue weighted by Crippen LogP contribution is 2.44. The van der Waals surface area contributed by atoms with Crippen LogP contribution in [0.25, 0.3) is 10.4 Å². The SMILES string of the molecule is O=C(NCCNCC1CC1)c1cccc2c1OCCO2.O=C(O)c1nc(C2CC2)sc1-c1ccccc1. The third-order valence-electron chi connectivity index (χ3n) is 6.34. The van der Waals surface area contributed by atoms with E-state index in [0.29, 0.717) is 42.7 Å². The van der Waals surface area contributed by atoms with Crippen LogP contribution in [-0.2, 0) is 0 Å². The van der Waals surface area contributed by atoms with Crippen molar-refractivity contribution in [1.82, 2.24) is 15.6 Å². The summed E-state index contributed by atoms with van der Waals surface area (Å²) < 4.78 is 11.0. The highest BCUT2D eigenvalue weighted by Gasteiger charge is 2.30. The molecule has 9 heteroatoms. The van der Waals surface area contributed by atoms with E-state index in [1.165, 1.54) is 24.2 Å². The van der Waals surface area contributed by atoms with Crippen LogP contribution < -0.4 is 20.1 Å². The maximum absolute atomic E-state index is 12.2. The lowest BCUT2D eigenvalue weighted by molar-refractivity contribution is 0.0691. The average molecular weight is 522 g/mol. The average Bonchev–Trinajstić information content (AvgIpc) is 3.87. The molecule has 0 radical (unpaired) electrons. The van der Waals surface area contributed by atoms with E-state index in [0.717, 1.165) is 47.3 Å². The topological polar surface area (TPSA) is 110 Å². The highest BCUT2D eigenvalue weighted by molar-refractivity contribution is 7.15. The summed E-state index contributed by atoms with van der Waals surface area (Å²) in [4.78, 5) is 28.4. The molecule has 2 heterocycles. The van der Waals surface area contributed by atoms with Gasteiger partial charge in [-0.25, -0.2) is 9.78 Å². The molecule has 0 unspecified atom stereocenters. The first-order valence-corrected chi connectivity index (χ1v) is 13.6. The first-order chi connectivity index (χ1) is 18.1. The molecule has 0 saturated heterocycles. The Morgan fingerprint density at radius 3 is 2.49 bits per heavy atom. The second-order valence-electron chi connectivity index (χ2n) is 9.41. The van der Waals surface area contributed by atoms with Crippen molar-refractivity contribution < 1.29 is 24.2 Å². The minimum Gasteiger partial charge on any atom is -0.486 e. The number of aromatic nitrogens is 1. The molecule has 194 valence electrons. The zero-order valence-corrected chi connectivity index (χ0v) is 21.4. The Labute approximate surface area is 220 Å². The standard InChI is InChI=1S/C15H20N2O3.C13H11NO2S/c18-15(17-7-6-16-10-11-4-5-11)12-2-1-3-13-14(12)20-9-8-19-13;15-13(16)10-11(8-4-2-1-3-5-8)17-12(14-10)9-6-7-9/h1-3,11,16H,4-10H2,(H,17,18);1-5,9H,6-7H2,(H,15,16). The number of rotatable bonds is 9. The van der Waals surface area contributed by atoms with Gasteiger partial charge in [0.05, 0.1) is 15.4 Å².